The van der Waals surface area contributed by atoms with Crippen LogP contribution >= 0.6 is 11.6 Å². The summed E-state index contributed by atoms with van der Waals surface area (Å²) < 4.78 is 6.00. The maximum atomic E-state index is 10.5. The summed E-state index contributed by atoms with van der Waals surface area (Å²) in [6.45, 7) is 3.66. The third-order valence-corrected chi connectivity index (χ3v) is 5.09. The van der Waals surface area contributed by atoms with E-state index in [2.05, 4.69) is 16.3 Å². The number of benzene rings is 1. The highest BCUT2D eigenvalue weighted by Crippen LogP contribution is 2.35. The van der Waals surface area contributed by atoms with Gasteiger partial charge in [-0.1, -0.05) is 23.7 Å². The largest absolute Gasteiger partial charge is 0.489 e. The van der Waals surface area contributed by atoms with Crippen molar-refractivity contribution in [2.24, 2.45) is 5.92 Å². The Bertz CT molecular complexity index is 555. The van der Waals surface area contributed by atoms with Gasteiger partial charge >= 0.3 is 6.09 Å². The fourth-order valence-electron chi connectivity index (χ4n) is 3.30. The molecule has 0 aromatic heterocycles. The molecule has 0 unspecified atom stereocenters. The number of rotatable bonds is 6. The highest BCUT2D eigenvalue weighted by atomic mass is 35.5. The average molecular weight is 339 g/mol. The van der Waals surface area contributed by atoms with Crippen molar-refractivity contribution in [3.05, 3.63) is 28.8 Å². The van der Waals surface area contributed by atoms with Crippen molar-refractivity contribution in [1.29, 1.82) is 0 Å². The Morgan fingerprint density at radius 3 is 2.78 bits per heavy atom. The quantitative estimate of drug-likeness (QED) is 0.835. The van der Waals surface area contributed by atoms with E-state index in [1.165, 1.54) is 12.8 Å². The van der Waals surface area contributed by atoms with Gasteiger partial charge in [-0.25, -0.2) is 4.79 Å². The van der Waals surface area contributed by atoms with Crippen LogP contribution in [0.1, 0.15) is 31.2 Å². The number of halogens is 1. The van der Waals surface area contributed by atoms with Crippen LogP contribution in [-0.2, 0) is 6.54 Å². The fraction of sp³-hybridized carbons (Fsp3) is 0.588. The van der Waals surface area contributed by atoms with Crippen LogP contribution in [0.2, 0.25) is 5.02 Å². The van der Waals surface area contributed by atoms with Crippen molar-refractivity contribution in [2.45, 2.75) is 38.3 Å². The topological polar surface area (TPSA) is 61.8 Å². The summed E-state index contributed by atoms with van der Waals surface area (Å²) in [6.07, 6.45) is 3.44. The van der Waals surface area contributed by atoms with Crippen LogP contribution in [0.4, 0.5) is 4.79 Å². The molecule has 1 aromatic carbocycles. The lowest BCUT2D eigenvalue weighted by atomic mass is 9.82. The number of hydrogen-bond acceptors (Lipinski definition) is 3. The van der Waals surface area contributed by atoms with Gasteiger partial charge in [-0.2, -0.15) is 0 Å². The molecule has 1 aliphatic heterocycles. The molecule has 1 saturated carbocycles. The highest BCUT2D eigenvalue weighted by Gasteiger charge is 2.31. The standard InChI is InChI=1S/C17H23ClN2O3/c18-16-13(11-20-6-1-2-7-20)4-3-5-15(16)23-14-8-12(9-14)10-19-17(21)22/h3-5,12,14,19H,1-2,6-11H2,(H,21,22). The van der Waals surface area contributed by atoms with E-state index in [0.29, 0.717) is 17.5 Å². The smallest absolute Gasteiger partial charge is 0.404 e. The van der Waals surface area contributed by atoms with Crippen LogP contribution < -0.4 is 10.1 Å². The molecule has 0 atom stereocenters. The first kappa shape index (κ1) is 16.4. The molecule has 5 nitrogen and oxygen atoms in total. The van der Waals surface area contributed by atoms with Crippen LogP contribution in [0.3, 0.4) is 0 Å². The first-order valence-electron chi connectivity index (χ1n) is 8.25. The number of carboxylic acid groups (broad SMARTS) is 1. The molecular weight excluding hydrogens is 316 g/mol. The Labute approximate surface area is 141 Å². The maximum absolute atomic E-state index is 10.5. The van der Waals surface area contributed by atoms with E-state index in [1.54, 1.807) is 0 Å². The van der Waals surface area contributed by atoms with Crippen LogP contribution in [0.15, 0.2) is 18.2 Å². The van der Waals surface area contributed by atoms with Crippen molar-refractivity contribution in [3.8, 4) is 5.75 Å². The minimum absolute atomic E-state index is 0.134. The van der Waals surface area contributed by atoms with Crippen molar-refractivity contribution >= 4 is 17.7 Å². The zero-order valence-electron chi connectivity index (χ0n) is 13.1. The number of hydrogen-bond donors (Lipinski definition) is 2. The Hall–Kier alpha value is -1.46. The molecule has 23 heavy (non-hydrogen) atoms. The molecular formula is C17H23ClN2O3. The first-order chi connectivity index (χ1) is 11.1. The number of amides is 1. The van der Waals surface area contributed by atoms with Gasteiger partial charge in [0.2, 0.25) is 0 Å². The molecule has 1 saturated heterocycles. The second kappa shape index (κ2) is 7.41. The van der Waals surface area contributed by atoms with Crippen LogP contribution in [0.5, 0.6) is 5.75 Å². The summed E-state index contributed by atoms with van der Waals surface area (Å²) in [5.41, 5.74) is 1.12. The molecule has 0 spiro atoms. The molecule has 3 rings (SSSR count). The zero-order valence-corrected chi connectivity index (χ0v) is 13.9. The van der Waals surface area contributed by atoms with E-state index in [1.807, 2.05) is 12.1 Å². The first-order valence-corrected chi connectivity index (χ1v) is 8.63. The Kier molecular flexibility index (Phi) is 5.28. The molecule has 0 bridgehead atoms. The zero-order chi connectivity index (χ0) is 16.2. The van der Waals surface area contributed by atoms with Gasteiger partial charge < -0.3 is 15.2 Å². The van der Waals surface area contributed by atoms with Crippen molar-refractivity contribution in [3.63, 3.8) is 0 Å². The molecule has 1 heterocycles. The van der Waals surface area contributed by atoms with E-state index in [4.69, 9.17) is 21.4 Å². The summed E-state index contributed by atoms with van der Waals surface area (Å²) in [4.78, 5) is 12.9. The third-order valence-electron chi connectivity index (χ3n) is 4.66. The monoisotopic (exact) mass is 338 g/mol. The van der Waals surface area contributed by atoms with Gasteiger partial charge in [0.05, 0.1) is 11.1 Å². The highest BCUT2D eigenvalue weighted by molar-refractivity contribution is 6.32. The summed E-state index contributed by atoms with van der Waals surface area (Å²) in [6, 6.07) is 5.97. The fourth-order valence-corrected chi connectivity index (χ4v) is 3.53. The van der Waals surface area contributed by atoms with Crippen LogP contribution in [0, 0.1) is 5.92 Å². The number of likely N-dealkylation sites (tertiary alicyclic amines) is 1. The predicted octanol–water partition coefficient (Wildman–Crippen LogP) is 3.36. The number of ether oxygens (including phenoxy) is 1. The number of carbonyl (C=O) groups is 1. The summed E-state index contributed by atoms with van der Waals surface area (Å²) in [7, 11) is 0. The average Bonchev–Trinajstić information content (AvgIpc) is 2.97. The second-order valence-electron chi connectivity index (χ2n) is 6.48. The molecule has 1 aliphatic carbocycles. The van der Waals surface area contributed by atoms with Crippen LogP contribution in [-0.4, -0.2) is 41.8 Å². The van der Waals surface area contributed by atoms with E-state index in [-0.39, 0.29) is 6.10 Å². The van der Waals surface area contributed by atoms with Gasteiger partial charge in [0, 0.05) is 13.1 Å². The summed E-state index contributed by atoms with van der Waals surface area (Å²) in [5.74, 6) is 1.11. The van der Waals surface area contributed by atoms with Gasteiger partial charge in [0.1, 0.15) is 5.75 Å². The van der Waals surface area contributed by atoms with E-state index in [0.717, 1.165) is 43.8 Å². The third kappa shape index (κ3) is 4.30. The van der Waals surface area contributed by atoms with E-state index in [9.17, 15) is 4.79 Å². The SMILES string of the molecule is O=C(O)NCC1CC(Oc2cccc(CN3CCCC3)c2Cl)C1. The van der Waals surface area contributed by atoms with Crippen molar-refractivity contribution < 1.29 is 14.6 Å². The van der Waals surface area contributed by atoms with E-state index < -0.39 is 6.09 Å². The number of nitrogens with one attached hydrogen (secondary N) is 1. The molecule has 2 aliphatic rings. The molecule has 2 fully saturated rings. The minimum Gasteiger partial charge on any atom is -0.489 e. The lowest BCUT2D eigenvalue weighted by molar-refractivity contribution is 0.0645. The summed E-state index contributed by atoms with van der Waals surface area (Å²) >= 11 is 6.51. The number of nitrogens with zero attached hydrogens (tertiary/aromatic N) is 1. The van der Waals surface area contributed by atoms with Gasteiger partial charge in [-0.15, -0.1) is 0 Å². The molecule has 0 radical (unpaired) electrons. The van der Waals surface area contributed by atoms with Gasteiger partial charge in [-0.05, 0) is 56.3 Å². The molecule has 2 N–H and O–H groups in total. The minimum atomic E-state index is -0.966. The lowest BCUT2D eigenvalue weighted by Gasteiger charge is -2.35. The van der Waals surface area contributed by atoms with Gasteiger partial charge in [-0.3, -0.25) is 4.90 Å². The van der Waals surface area contributed by atoms with E-state index >= 15 is 0 Å². The normalized spacial score (nSPS) is 24.2. The van der Waals surface area contributed by atoms with Crippen molar-refractivity contribution in [2.75, 3.05) is 19.6 Å². The molecule has 1 aromatic rings. The van der Waals surface area contributed by atoms with Crippen molar-refractivity contribution in [1.82, 2.24) is 10.2 Å². The Morgan fingerprint density at radius 1 is 1.35 bits per heavy atom. The Morgan fingerprint density at radius 2 is 2.09 bits per heavy atom. The maximum Gasteiger partial charge on any atom is 0.404 e. The van der Waals surface area contributed by atoms with Crippen LogP contribution in [0.25, 0.3) is 0 Å². The molecule has 126 valence electrons. The summed E-state index contributed by atoms with van der Waals surface area (Å²) in [5, 5.41) is 11.7. The van der Waals surface area contributed by atoms with Gasteiger partial charge in [0.15, 0.2) is 0 Å². The lowest BCUT2D eigenvalue weighted by Crippen LogP contribution is -2.40. The second-order valence-corrected chi connectivity index (χ2v) is 6.85. The predicted molar refractivity (Wildman–Crippen MR) is 89.1 cm³/mol. The molecule has 1 amide bonds. The molecule has 6 heteroatoms. The van der Waals surface area contributed by atoms with Gasteiger partial charge in [0.25, 0.3) is 0 Å². The Balaban J connectivity index is 1.51.